The van der Waals surface area contributed by atoms with Gasteiger partial charge in [0.25, 0.3) is 0 Å². The Kier molecular flexibility index (Phi) is 6.87. The van der Waals surface area contributed by atoms with Crippen LogP contribution in [-0.2, 0) is 4.74 Å². The molecule has 0 unspecified atom stereocenters. The predicted octanol–water partition coefficient (Wildman–Crippen LogP) is 3.62. The number of ether oxygens (including phenoxy) is 1. The third-order valence-electron chi connectivity index (χ3n) is 6.22. The van der Waals surface area contributed by atoms with E-state index in [2.05, 4.69) is 41.8 Å². The summed E-state index contributed by atoms with van der Waals surface area (Å²) in [7, 11) is 0. The first kappa shape index (κ1) is 22.3. The molecule has 1 N–H and O–H groups in total. The molecule has 3 aromatic heterocycles. The molecular weight excluding hydrogens is 456 g/mol. The predicted molar refractivity (Wildman–Crippen MR) is 133 cm³/mol. The Labute approximate surface area is 204 Å². The molecule has 0 aliphatic carbocycles. The Morgan fingerprint density at radius 2 is 1.94 bits per heavy atom. The van der Waals surface area contributed by atoms with Gasteiger partial charge in [0, 0.05) is 50.5 Å². The highest BCUT2D eigenvalue weighted by molar-refractivity contribution is 7.80. The van der Waals surface area contributed by atoms with Gasteiger partial charge in [0.15, 0.2) is 5.11 Å². The average molecular weight is 483 g/mol. The van der Waals surface area contributed by atoms with Gasteiger partial charge in [-0.2, -0.15) is 0 Å². The highest BCUT2D eigenvalue weighted by Gasteiger charge is 2.41. The lowest BCUT2D eigenvalue weighted by Crippen LogP contribution is -2.39. The summed E-state index contributed by atoms with van der Waals surface area (Å²) in [6, 6.07) is 13.9. The van der Waals surface area contributed by atoms with Crippen molar-refractivity contribution in [1.29, 1.82) is 0 Å². The molecule has 5 rings (SSSR count). The molecule has 9 heteroatoms. The Morgan fingerprint density at radius 3 is 2.70 bits per heavy atom. The number of nitrogens with zero attached hydrogens (tertiary/aromatic N) is 5. The van der Waals surface area contributed by atoms with E-state index in [4.69, 9.17) is 28.6 Å². The summed E-state index contributed by atoms with van der Waals surface area (Å²) in [6.45, 7) is 5.51. The minimum atomic E-state index is -0.0527. The van der Waals surface area contributed by atoms with Crippen molar-refractivity contribution in [1.82, 2.24) is 29.7 Å². The maximum atomic E-state index is 6.08. The van der Waals surface area contributed by atoms with E-state index in [0.717, 1.165) is 68.1 Å². The average Bonchev–Trinajstić information content (AvgIpc) is 3.45. The van der Waals surface area contributed by atoms with Crippen LogP contribution in [0.4, 0.5) is 0 Å². The van der Waals surface area contributed by atoms with Crippen LogP contribution in [0.15, 0.2) is 61.1 Å². The molecule has 0 radical (unpaired) electrons. The highest BCUT2D eigenvalue weighted by atomic mass is 35.5. The maximum absolute atomic E-state index is 6.08. The van der Waals surface area contributed by atoms with Crippen LogP contribution in [0.2, 0.25) is 5.02 Å². The van der Waals surface area contributed by atoms with Crippen LogP contribution in [0.5, 0.6) is 0 Å². The van der Waals surface area contributed by atoms with Crippen LogP contribution in [-0.4, -0.2) is 68.8 Å². The molecule has 2 fully saturated rings. The van der Waals surface area contributed by atoms with Crippen molar-refractivity contribution in [2.45, 2.75) is 18.5 Å². The zero-order chi connectivity index (χ0) is 22.6. The number of morpholine rings is 1. The first-order chi connectivity index (χ1) is 16.2. The fourth-order valence-corrected chi connectivity index (χ4v) is 5.06. The van der Waals surface area contributed by atoms with Gasteiger partial charge in [0.05, 0.1) is 36.0 Å². The van der Waals surface area contributed by atoms with Gasteiger partial charge in [0.2, 0.25) is 0 Å². The Morgan fingerprint density at radius 1 is 1.06 bits per heavy atom. The van der Waals surface area contributed by atoms with Gasteiger partial charge >= 0.3 is 0 Å². The molecular formula is C24H27ClN6OS. The molecule has 172 valence electrons. The van der Waals surface area contributed by atoms with E-state index >= 15 is 0 Å². The molecule has 0 bridgehead atoms. The molecule has 7 nitrogen and oxygen atoms in total. The van der Waals surface area contributed by atoms with Crippen LogP contribution in [0.1, 0.15) is 29.9 Å². The van der Waals surface area contributed by atoms with Crippen LogP contribution in [0, 0.1) is 0 Å². The fourth-order valence-electron chi connectivity index (χ4n) is 4.61. The van der Waals surface area contributed by atoms with E-state index in [0.29, 0.717) is 5.02 Å². The lowest BCUT2D eigenvalue weighted by atomic mass is 10.0. The van der Waals surface area contributed by atoms with Gasteiger partial charge in [-0.25, -0.2) is 4.98 Å². The summed E-state index contributed by atoms with van der Waals surface area (Å²) >= 11 is 11.9. The number of hydrogen-bond acceptors (Lipinski definition) is 5. The summed E-state index contributed by atoms with van der Waals surface area (Å²) in [5.41, 5.74) is 2.08. The zero-order valence-electron chi connectivity index (χ0n) is 18.3. The largest absolute Gasteiger partial charge is 0.379 e. The van der Waals surface area contributed by atoms with Crippen LogP contribution >= 0.6 is 23.8 Å². The van der Waals surface area contributed by atoms with Gasteiger partial charge in [-0.1, -0.05) is 17.7 Å². The number of aromatic nitrogens is 3. The molecule has 5 heterocycles. The van der Waals surface area contributed by atoms with E-state index in [9.17, 15) is 0 Å². The van der Waals surface area contributed by atoms with E-state index in [1.54, 1.807) is 6.20 Å². The number of pyridine rings is 2. The van der Waals surface area contributed by atoms with Gasteiger partial charge in [-0.3, -0.25) is 9.88 Å². The van der Waals surface area contributed by atoms with Crippen molar-refractivity contribution >= 4 is 28.9 Å². The molecule has 2 aliphatic heterocycles. The summed E-state index contributed by atoms with van der Waals surface area (Å²) in [6.07, 6.45) is 6.56. The van der Waals surface area contributed by atoms with Crippen LogP contribution in [0.25, 0.3) is 5.82 Å². The third-order valence-corrected chi connectivity index (χ3v) is 6.79. The van der Waals surface area contributed by atoms with Crippen molar-refractivity contribution in [2.24, 2.45) is 0 Å². The Balaban J connectivity index is 1.44. The lowest BCUT2D eigenvalue weighted by Gasteiger charge is -2.30. The second-order valence-electron chi connectivity index (χ2n) is 8.27. The molecule has 2 saturated heterocycles. The van der Waals surface area contributed by atoms with E-state index in [1.807, 2.05) is 42.7 Å². The van der Waals surface area contributed by atoms with Crippen LogP contribution < -0.4 is 5.32 Å². The third kappa shape index (κ3) is 4.89. The topological polar surface area (TPSA) is 58.5 Å². The molecule has 0 saturated carbocycles. The molecule has 2 aliphatic rings. The lowest BCUT2D eigenvalue weighted by molar-refractivity contribution is 0.0365. The maximum Gasteiger partial charge on any atom is 0.170 e. The molecule has 3 aromatic rings. The molecule has 33 heavy (non-hydrogen) atoms. The normalized spacial score (nSPS) is 21.4. The number of halogens is 1. The van der Waals surface area contributed by atoms with Crippen molar-refractivity contribution in [3.8, 4) is 5.82 Å². The smallest absolute Gasteiger partial charge is 0.170 e. The second kappa shape index (κ2) is 10.2. The molecule has 0 aromatic carbocycles. The van der Waals surface area contributed by atoms with E-state index in [-0.39, 0.29) is 12.1 Å². The van der Waals surface area contributed by atoms with Crippen molar-refractivity contribution < 1.29 is 4.74 Å². The first-order valence-corrected chi connectivity index (χ1v) is 12.1. The SMILES string of the molecule is S=C1N[C@H](c2ccccn2)[C@H](c2cccn2-c2ccc(Cl)cn2)N1CCCN1CCOCC1. The van der Waals surface area contributed by atoms with Crippen LogP contribution in [0.3, 0.4) is 0 Å². The number of thiocarbonyl (C=S) groups is 1. The van der Waals surface area contributed by atoms with Crippen molar-refractivity contribution in [2.75, 3.05) is 39.4 Å². The number of nitrogens with one attached hydrogen (secondary N) is 1. The van der Waals surface area contributed by atoms with Crippen molar-refractivity contribution in [3.05, 3.63) is 77.5 Å². The monoisotopic (exact) mass is 482 g/mol. The number of rotatable bonds is 7. The van der Waals surface area contributed by atoms with Gasteiger partial charge in [-0.15, -0.1) is 0 Å². The highest BCUT2D eigenvalue weighted by Crippen LogP contribution is 2.39. The zero-order valence-corrected chi connectivity index (χ0v) is 19.9. The van der Waals surface area contributed by atoms with Gasteiger partial charge in [0.1, 0.15) is 5.82 Å². The minimum Gasteiger partial charge on any atom is -0.379 e. The number of hydrogen-bond donors (Lipinski definition) is 1. The van der Waals surface area contributed by atoms with Gasteiger partial charge < -0.3 is 19.5 Å². The summed E-state index contributed by atoms with van der Waals surface area (Å²) in [4.78, 5) is 13.9. The minimum absolute atomic E-state index is 0.00966. The van der Waals surface area contributed by atoms with E-state index < -0.39 is 0 Å². The Bertz CT molecular complexity index is 1070. The summed E-state index contributed by atoms with van der Waals surface area (Å²) in [5, 5.41) is 4.92. The van der Waals surface area contributed by atoms with Gasteiger partial charge in [-0.05, 0) is 55.0 Å². The first-order valence-electron chi connectivity index (χ1n) is 11.3. The quantitative estimate of drug-likeness (QED) is 0.516. The summed E-state index contributed by atoms with van der Waals surface area (Å²) in [5.74, 6) is 0.824. The molecule has 0 amide bonds. The second-order valence-corrected chi connectivity index (χ2v) is 9.09. The van der Waals surface area contributed by atoms with E-state index in [1.165, 1.54) is 0 Å². The Hall–Kier alpha value is -2.52. The fraction of sp³-hybridized carbons (Fsp3) is 0.375. The van der Waals surface area contributed by atoms with Crippen molar-refractivity contribution in [3.63, 3.8) is 0 Å². The molecule has 2 atom stereocenters. The molecule has 0 spiro atoms. The summed E-state index contributed by atoms with van der Waals surface area (Å²) < 4.78 is 7.59. The standard InChI is InChI=1S/C24H27ClN6OS/c25-18-7-8-21(27-17-18)30-11-3-6-20(30)23-22(19-5-1-2-9-26-19)28-24(33)31(23)12-4-10-29-13-15-32-16-14-29/h1-3,5-9,11,17,22-23H,4,10,12-16H2,(H,28,33)/t22-,23+/m1/s1.